The SMILES string of the molecule is Cc1ccccc1S(=O)(=O)N1CCCCN2C(CO)[C@@H](c3ccc(-c4cccc(C(F)(F)F)c4)cc3)[C@@H]2C1. The summed E-state index contributed by atoms with van der Waals surface area (Å²) in [5.41, 5.74) is 2.09. The predicted molar refractivity (Wildman–Crippen MR) is 140 cm³/mol. The minimum atomic E-state index is -4.41. The van der Waals surface area contributed by atoms with Gasteiger partial charge in [-0.1, -0.05) is 54.6 Å². The monoisotopic (exact) mass is 544 g/mol. The van der Waals surface area contributed by atoms with Crippen LogP contribution in [-0.2, 0) is 16.2 Å². The summed E-state index contributed by atoms with van der Waals surface area (Å²) in [5.74, 6) is -0.0942. The van der Waals surface area contributed by atoms with Crippen molar-refractivity contribution in [2.45, 2.75) is 48.8 Å². The van der Waals surface area contributed by atoms with Gasteiger partial charge in [0, 0.05) is 31.1 Å². The molecule has 2 aliphatic heterocycles. The van der Waals surface area contributed by atoms with Gasteiger partial charge in [0.05, 0.1) is 17.1 Å². The molecule has 9 heteroatoms. The Morgan fingerprint density at radius 2 is 1.63 bits per heavy atom. The minimum Gasteiger partial charge on any atom is -0.395 e. The van der Waals surface area contributed by atoms with Crippen LogP contribution >= 0.6 is 0 Å². The molecule has 0 amide bonds. The highest BCUT2D eigenvalue weighted by atomic mass is 32.2. The van der Waals surface area contributed by atoms with Crippen LogP contribution in [0.25, 0.3) is 11.1 Å². The van der Waals surface area contributed by atoms with Crippen LogP contribution < -0.4 is 0 Å². The fourth-order valence-electron chi connectivity index (χ4n) is 5.88. The Balaban J connectivity index is 1.42. The van der Waals surface area contributed by atoms with E-state index < -0.39 is 21.8 Å². The summed E-state index contributed by atoms with van der Waals surface area (Å²) in [7, 11) is -3.69. The second-order valence-electron chi connectivity index (χ2n) is 10.1. The van der Waals surface area contributed by atoms with Crippen LogP contribution in [0.5, 0.6) is 0 Å². The number of aliphatic hydroxyl groups excluding tert-OH is 1. The largest absolute Gasteiger partial charge is 0.416 e. The van der Waals surface area contributed by atoms with Crippen molar-refractivity contribution >= 4 is 10.0 Å². The normalized spacial score (nSPS) is 23.2. The van der Waals surface area contributed by atoms with E-state index >= 15 is 0 Å². The Morgan fingerprint density at radius 3 is 2.32 bits per heavy atom. The maximum atomic E-state index is 13.6. The highest BCUT2D eigenvalue weighted by Gasteiger charge is 2.50. The first-order valence-corrected chi connectivity index (χ1v) is 14.3. The molecule has 1 unspecified atom stereocenters. The molecule has 38 heavy (non-hydrogen) atoms. The molecule has 5 rings (SSSR count). The molecule has 0 aliphatic carbocycles. The highest BCUT2D eigenvalue weighted by molar-refractivity contribution is 7.89. The molecule has 5 nitrogen and oxygen atoms in total. The third kappa shape index (κ3) is 5.00. The summed E-state index contributed by atoms with van der Waals surface area (Å²) in [4.78, 5) is 2.51. The van der Waals surface area contributed by atoms with Crippen LogP contribution in [0.3, 0.4) is 0 Å². The van der Waals surface area contributed by atoms with E-state index in [1.54, 1.807) is 47.6 Å². The van der Waals surface area contributed by atoms with Crippen molar-refractivity contribution in [2.75, 3.05) is 26.2 Å². The van der Waals surface area contributed by atoms with Crippen LogP contribution in [0.2, 0.25) is 0 Å². The number of halogens is 3. The van der Waals surface area contributed by atoms with E-state index in [1.807, 2.05) is 18.2 Å². The highest BCUT2D eigenvalue weighted by Crippen LogP contribution is 2.43. The number of rotatable bonds is 5. The van der Waals surface area contributed by atoms with Gasteiger partial charge < -0.3 is 5.11 Å². The molecule has 3 aromatic carbocycles. The number of hydrogen-bond donors (Lipinski definition) is 1. The molecular weight excluding hydrogens is 513 g/mol. The number of alkyl halides is 3. The fourth-order valence-corrected chi connectivity index (χ4v) is 7.61. The van der Waals surface area contributed by atoms with Crippen LogP contribution in [0, 0.1) is 6.92 Å². The van der Waals surface area contributed by atoms with E-state index in [0.717, 1.165) is 37.1 Å². The van der Waals surface area contributed by atoms with Gasteiger partial charge >= 0.3 is 6.18 Å². The average Bonchev–Trinajstić information content (AvgIpc) is 2.88. The van der Waals surface area contributed by atoms with Gasteiger partial charge in [-0.2, -0.15) is 17.5 Å². The van der Waals surface area contributed by atoms with Gasteiger partial charge in [0.1, 0.15) is 0 Å². The number of sulfonamides is 1. The van der Waals surface area contributed by atoms with Gasteiger partial charge in [-0.05, 0) is 66.8 Å². The lowest BCUT2D eigenvalue weighted by Gasteiger charge is -2.57. The molecule has 1 N–H and O–H groups in total. The van der Waals surface area contributed by atoms with Crippen molar-refractivity contribution in [2.24, 2.45) is 0 Å². The van der Waals surface area contributed by atoms with E-state index in [-0.39, 0.29) is 24.6 Å². The van der Waals surface area contributed by atoms with Crippen LogP contribution in [0.1, 0.15) is 35.4 Å². The molecule has 2 heterocycles. The zero-order chi connectivity index (χ0) is 27.1. The first kappa shape index (κ1) is 26.9. The van der Waals surface area contributed by atoms with Crippen molar-refractivity contribution in [1.82, 2.24) is 9.21 Å². The van der Waals surface area contributed by atoms with Crippen LogP contribution in [0.15, 0.2) is 77.7 Å². The smallest absolute Gasteiger partial charge is 0.395 e. The second kappa shape index (κ2) is 10.4. The Labute approximate surface area is 221 Å². The summed E-state index contributed by atoms with van der Waals surface area (Å²) >= 11 is 0. The molecule has 0 bridgehead atoms. The van der Waals surface area contributed by atoms with Crippen molar-refractivity contribution < 1.29 is 26.7 Å². The molecule has 2 saturated heterocycles. The Hall–Kier alpha value is -2.72. The number of fused-ring (bicyclic) bond motifs is 1. The third-order valence-electron chi connectivity index (χ3n) is 7.86. The summed E-state index contributed by atoms with van der Waals surface area (Å²) in [6.07, 6.45) is -2.85. The molecule has 2 aliphatic rings. The zero-order valence-corrected chi connectivity index (χ0v) is 21.9. The Bertz CT molecular complexity index is 1390. The summed E-state index contributed by atoms with van der Waals surface area (Å²) < 4.78 is 68.4. The molecular formula is C29H31F3N2O3S. The van der Waals surface area contributed by atoms with Gasteiger partial charge in [-0.3, -0.25) is 4.90 Å². The Kier molecular flexibility index (Phi) is 7.39. The first-order valence-electron chi connectivity index (χ1n) is 12.8. The van der Waals surface area contributed by atoms with E-state index in [0.29, 0.717) is 34.7 Å². The van der Waals surface area contributed by atoms with Gasteiger partial charge in [0.2, 0.25) is 10.0 Å². The van der Waals surface area contributed by atoms with Crippen molar-refractivity contribution in [3.8, 4) is 11.1 Å². The molecule has 3 aromatic rings. The number of nitrogens with zero attached hydrogens (tertiary/aromatic N) is 2. The van der Waals surface area contributed by atoms with Gasteiger partial charge in [0.25, 0.3) is 0 Å². The Morgan fingerprint density at radius 1 is 0.921 bits per heavy atom. The summed E-state index contributed by atoms with van der Waals surface area (Å²) in [6, 6.07) is 19.4. The third-order valence-corrected chi connectivity index (χ3v) is 9.89. The standard InChI is InChI=1S/C29H31F3N2O3S/c1-20-7-2-3-10-27(20)38(36,37)33-15-4-5-16-34-25(18-33)28(26(34)19-35)22-13-11-21(12-14-22)23-8-6-9-24(17-23)29(30,31)32/h2-3,6-14,17,25-26,28,35H,4-5,15-16,18-19H2,1H3/t25-,26?,28-/m0/s1. The zero-order valence-electron chi connectivity index (χ0n) is 21.1. The van der Waals surface area contributed by atoms with E-state index in [4.69, 9.17) is 0 Å². The van der Waals surface area contributed by atoms with E-state index in [9.17, 15) is 26.7 Å². The molecule has 0 saturated carbocycles. The number of aliphatic hydroxyl groups is 1. The first-order chi connectivity index (χ1) is 18.1. The number of aryl methyl sites for hydroxylation is 1. The second-order valence-corrected chi connectivity index (χ2v) is 12.0. The van der Waals surface area contributed by atoms with Crippen LogP contribution in [0.4, 0.5) is 13.2 Å². The van der Waals surface area contributed by atoms with E-state index in [2.05, 4.69) is 4.90 Å². The molecule has 0 radical (unpaired) electrons. The number of hydrogen-bond acceptors (Lipinski definition) is 4. The fraction of sp³-hybridized carbons (Fsp3) is 0.379. The molecule has 0 spiro atoms. The maximum absolute atomic E-state index is 13.6. The quantitative estimate of drug-likeness (QED) is 0.474. The summed E-state index contributed by atoms with van der Waals surface area (Å²) in [5, 5.41) is 10.2. The van der Waals surface area contributed by atoms with Crippen molar-refractivity contribution in [3.05, 3.63) is 89.5 Å². The van der Waals surface area contributed by atoms with E-state index in [1.165, 1.54) is 6.07 Å². The molecule has 202 valence electrons. The van der Waals surface area contributed by atoms with Gasteiger partial charge in [-0.25, -0.2) is 8.42 Å². The topological polar surface area (TPSA) is 60.9 Å². The molecule has 3 atom stereocenters. The summed E-state index contributed by atoms with van der Waals surface area (Å²) in [6.45, 7) is 3.27. The predicted octanol–water partition coefficient (Wildman–Crippen LogP) is 5.29. The lowest BCUT2D eigenvalue weighted by molar-refractivity contribution is -0.137. The van der Waals surface area contributed by atoms with Crippen molar-refractivity contribution in [3.63, 3.8) is 0 Å². The lowest BCUT2D eigenvalue weighted by Crippen LogP contribution is -2.67. The minimum absolute atomic E-state index is 0.0545. The van der Waals surface area contributed by atoms with Gasteiger partial charge in [-0.15, -0.1) is 0 Å². The average molecular weight is 545 g/mol. The lowest BCUT2D eigenvalue weighted by atomic mass is 9.74. The van der Waals surface area contributed by atoms with Gasteiger partial charge in [0.15, 0.2) is 0 Å². The maximum Gasteiger partial charge on any atom is 0.416 e. The molecule has 0 aromatic heterocycles. The van der Waals surface area contributed by atoms with Crippen molar-refractivity contribution in [1.29, 1.82) is 0 Å². The van der Waals surface area contributed by atoms with Crippen LogP contribution in [-0.4, -0.2) is 61.1 Å². The number of benzene rings is 3. The molecule has 2 fully saturated rings.